The van der Waals surface area contributed by atoms with Crippen molar-refractivity contribution < 1.29 is 37.9 Å². The van der Waals surface area contributed by atoms with Gasteiger partial charge in [-0.15, -0.1) is 0 Å². The highest BCUT2D eigenvalue weighted by molar-refractivity contribution is 7.46. The van der Waals surface area contributed by atoms with E-state index in [0.717, 1.165) is 38.5 Å². The smallest absolute Gasteiger partial charge is 0.462 e. The zero-order chi connectivity index (χ0) is 41.1. The fourth-order valence-corrected chi connectivity index (χ4v) is 7.30. The molecule has 0 spiro atoms. The second kappa shape index (κ2) is 43.1. The van der Waals surface area contributed by atoms with Gasteiger partial charge in [0.05, 0.1) is 6.61 Å². The number of ether oxygens (including phenoxy) is 2. The van der Waals surface area contributed by atoms with Crippen LogP contribution in [0.5, 0.6) is 0 Å². The topological polar surface area (TPSA) is 119 Å². The van der Waals surface area contributed by atoms with Crippen molar-refractivity contribution in [1.82, 2.24) is 0 Å². The van der Waals surface area contributed by atoms with Gasteiger partial charge in [0.25, 0.3) is 0 Å². The van der Waals surface area contributed by atoms with Gasteiger partial charge in [0.1, 0.15) is 6.61 Å². The van der Waals surface area contributed by atoms with E-state index in [1.54, 1.807) is 0 Å². The normalized spacial score (nSPS) is 12.6. The quantitative estimate of drug-likeness (QED) is 0.0270. The Balaban J connectivity index is 3.87. The lowest BCUT2D eigenvalue weighted by atomic mass is 10.0. The highest BCUT2D eigenvalue weighted by Crippen LogP contribution is 2.36. The van der Waals surface area contributed by atoms with Crippen molar-refractivity contribution in [2.24, 2.45) is 0 Å². The molecule has 0 aliphatic heterocycles. The monoisotopic (exact) mass is 813 g/mol. The van der Waals surface area contributed by atoms with E-state index in [1.807, 2.05) is 0 Å². The lowest BCUT2D eigenvalue weighted by Gasteiger charge is -2.18. The first-order chi connectivity index (χ1) is 27.3. The molecule has 0 aliphatic rings. The number of carbonyl (C=O) groups is 2. The van der Waals surface area contributed by atoms with Crippen molar-refractivity contribution in [3.8, 4) is 0 Å². The lowest BCUT2D eigenvalue weighted by molar-refractivity contribution is -0.161. The Morgan fingerprint density at radius 1 is 0.464 bits per heavy atom. The Labute approximate surface area is 345 Å². The van der Waals surface area contributed by atoms with E-state index in [1.165, 1.54) is 167 Å². The minimum atomic E-state index is -4.76. The number of unbranched alkanes of at least 4 members (excludes halogenated alkanes) is 30. The molecule has 0 aliphatic carbocycles. The predicted molar refractivity (Wildman–Crippen MR) is 235 cm³/mol. The fraction of sp³-hybridized carbons (Fsp3) is 0.872. The SMILES string of the molecule is CCCCCCCCCCC/C=C/C/C=C/CCCC(=O)OC[C@H](COP(=O)(O)O)OC(=O)CCCCCCCCCCCCCCCCCCCCCCC. The van der Waals surface area contributed by atoms with Gasteiger partial charge in [0.2, 0.25) is 0 Å². The van der Waals surface area contributed by atoms with E-state index in [0.29, 0.717) is 12.8 Å². The van der Waals surface area contributed by atoms with Gasteiger partial charge in [0, 0.05) is 12.8 Å². The van der Waals surface area contributed by atoms with Crippen LogP contribution in [0, 0.1) is 0 Å². The Kier molecular flexibility index (Phi) is 42.0. The molecule has 0 radical (unpaired) electrons. The van der Waals surface area contributed by atoms with Crippen molar-refractivity contribution >= 4 is 19.8 Å². The maximum Gasteiger partial charge on any atom is 0.469 e. The molecule has 330 valence electrons. The number of hydrogen-bond acceptors (Lipinski definition) is 6. The van der Waals surface area contributed by atoms with Crippen LogP contribution in [0.2, 0.25) is 0 Å². The van der Waals surface area contributed by atoms with Gasteiger partial charge < -0.3 is 19.3 Å². The molecule has 0 saturated heterocycles. The summed E-state index contributed by atoms with van der Waals surface area (Å²) in [6.07, 6.45) is 50.6. The van der Waals surface area contributed by atoms with Crippen LogP contribution in [0.25, 0.3) is 0 Å². The minimum absolute atomic E-state index is 0.207. The van der Waals surface area contributed by atoms with Gasteiger partial charge in [-0.1, -0.05) is 218 Å². The molecule has 0 fully saturated rings. The van der Waals surface area contributed by atoms with Gasteiger partial charge in [-0.2, -0.15) is 0 Å². The predicted octanol–water partition coefficient (Wildman–Crippen LogP) is 14.7. The zero-order valence-electron chi connectivity index (χ0n) is 36.5. The summed E-state index contributed by atoms with van der Waals surface area (Å²) >= 11 is 0. The number of hydrogen-bond donors (Lipinski definition) is 2. The maximum absolute atomic E-state index is 12.4. The van der Waals surface area contributed by atoms with Gasteiger partial charge >= 0.3 is 19.8 Å². The molecule has 0 saturated carbocycles. The van der Waals surface area contributed by atoms with E-state index < -0.39 is 32.5 Å². The first-order valence-corrected chi connectivity index (χ1v) is 25.2. The number of allylic oxidation sites excluding steroid dienone is 4. The number of rotatable bonds is 44. The van der Waals surface area contributed by atoms with Crippen molar-refractivity contribution in [3.63, 3.8) is 0 Å². The second-order valence-corrected chi connectivity index (χ2v) is 17.3. The van der Waals surface area contributed by atoms with Crippen LogP contribution in [0.1, 0.15) is 245 Å². The van der Waals surface area contributed by atoms with Crippen LogP contribution >= 0.6 is 7.82 Å². The molecule has 0 rings (SSSR count). The Morgan fingerprint density at radius 2 is 0.821 bits per heavy atom. The lowest BCUT2D eigenvalue weighted by Crippen LogP contribution is -2.29. The van der Waals surface area contributed by atoms with Crippen LogP contribution in [0.3, 0.4) is 0 Å². The average Bonchev–Trinajstić information content (AvgIpc) is 3.17. The highest BCUT2D eigenvalue weighted by Gasteiger charge is 2.22. The van der Waals surface area contributed by atoms with Crippen LogP contribution in [0.15, 0.2) is 24.3 Å². The number of carbonyl (C=O) groups excluding carboxylic acids is 2. The van der Waals surface area contributed by atoms with Crippen molar-refractivity contribution in [2.75, 3.05) is 13.2 Å². The molecule has 9 heteroatoms. The van der Waals surface area contributed by atoms with Gasteiger partial charge in [0.15, 0.2) is 6.10 Å². The van der Waals surface area contributed by atoms with Gasteiger partial charge in [-0.3, -0.25) is 14.1 Å². The molecule has 0 bridgehead atoms. The first kappa shape index (κ1) is 54.5. The molecule has 0 unspecified atom stereocenters. The summed E-state index contributed by atoms with van der Waals surface area (Å²) in [5.74, 6) is -0.925. The summed E-state index contributed by atoms with van der Waals surface area (Å²) in [5, 5.41) is 0. The Hall–Kier alpha value is -1.47. The van der Waals surface area contributed by atoms with E-state index in [-0.39, 0.29) is 19.4 Å². The molecule has 0 aromatic carbocycles. The van der Waals surface area contributed by atoms with E-state index in [9.17, 15) is 14.2 Å². The summed E-state index contributed by atoms with van der Waals surface area (Å²) in [5.41, 5.74) is 0. The standard InChI is InChI=1S/C47H89O8P/c1-3-5-7-9-11-13-15-17-19-21-22-23-24-26-28-30-32-34-36-38-40-42-47(49)55-45(44-54-56(50,51)52)43-53-46(48)41-39-37-35-33-31-29-27-25-20-18-16-14-12-10-8-6-4-2/h27,29,33,35,45H,3-26,28,30-32,34,36-44H2,1-2H3,(H2,50,51,52)/b29-27+,35-33+/t45-/m1/s1. The molecular formula is C47H89O8P. The third-order valence-electron chi connectivity index (χ3n) is 10.5. The van der Waals surface area contributed by atoms with Crippen LogP contribution in [-0.2, 0) is 28.2 Å². The first-order valence-electron chi connectivity index (χ1n) is 23.6. The molecule has 2 N–H and O–H groups in total. The highest BCUT2D eigenvalue weighted by atomic mass is 31.2. The average molecular weight is 813 g/mol. The van der Waals surface area contributed by atoms with Crippen molar-refractivity contribution in [1.29, 1.82) is 0 Å². The Bertz CT molecular complexity index is 962. The zero-order valence-corrected chi connectivity index (χ0v) is 37.4. The fourth-order valence-electron chi connectivity index (χ4n) is 6.94. The number of phosphoric acid groups is 1. The minimum Gasteiger partial charge on any atom is -0.462 e. The van der Waals surface area contributed by atoms with Gasteiger partial charge in [-0.05, 0) is 38.5 Å². The third-order valence-corrected chi connectivity index (χ3v) is 11.0. The maximum atomic E-state index is 12.4. The van der Waals surface area contributed by atoms with Crippen LogP contribution < -0.4 is 0 Å². The van der Waals surface area contributed by atoms with Crippen LogP contribution in [-0.4, -0.2) is 41.0 Å². The molecule has 0 amide bonds. The van der Waals surface area contributed by atoms with E-state index in [2.05, 4.69) is 42.7 Å². The molecular weight excluding hydrogens is 723 g/mol. The van der Waals surface area contributed by atoms with E-state index in [4.69, 9.17) is 19.3 Å². The van der Waals surface area contributed by atoms with Gasteiger partial charge in [-0.25, -0.2) is 4.57 Å². The summed E-state index contributed by atoms with van der Waals surface area (Å²) in [7, 11) is -4.76. The molecule has 1 atom stereocenters. The molecule has 8 nitrogen and oxygen atoms in total. The molecule has 0 heterocycles. The summed E-state index contributed by atoms with van der Waals surface area (Å²) < 4.78 is 26.4. The number of phosphoric ester groups is 1. The van der Waals surface area contributed by atoms with Crippen LogP contribution in [0.4, 0.5) is 0 Å². The van der Waals surface area contributed by atoms with Crippen molar-refractivity contribution in [3.05, 3.63) is 24.3 Å². The molecule has 0 aromatic rings. The second-order valence-electron chi connectivity index (χ2n) is 16.1. The van der Waals surface area contributed by atoms with E-state index >= 15 is 0 Å². The van der Waals surface area contributed by atoms with Crippen molar-refractivity contribution in [2.45, 2.75) is 251 Å². The summed E-state index contributed by atoms with van der Waals surface area (Å²) in [6.45, 7) is 3.69. The summed E-state index contributed by atoms with van der Waals surface area (Å²) in [4.78, 5) is 42.9. The third kappa shape index (κ3) is 45.2. The largest absolute Gasteiger partial charge is 0.469 e. The number of esters is 2. The summed E-state index contributed by atoms with van der Waals surface area (Å²) in [6, 6.07) is 0. The Morgan fingerprint density at radius 3 is 1.23 bits per heavy atom. The molecule has 56 heavy (non-hydrogen) atoms. The molecule has 0 aromatic heterocycles.